The van der Waals surface area contributed by atoms with Crippen LogP contribution in [0.4, 0.5) is 4.39 Å². The molecule has 1 aliphatic heterocycles. The average molecular weight is 164 g/mol. The molecule has 0 amide bonds. The van der Waals surface area contributed by atoms with Crippen molar-refractivity contribution in [1.29, 1.82) is 0 Å². The molecule has 0 saturated carbocycles. The molecule has 3 heteroatoms. The number of hydrogen-bond acceptors (Lipinski definition) is 2. The van der Waals surface area contributed by atoms with Gasteiger partial charge in [0.2, 0.25) is 0 Å². The van der Waals surface area contributed by atoms with Gasteiger partial charge >= 0.3 is 0 Å². The van der Waals surface area contributed by atoms with Gasteiger partial charge in [0, 0.05) is 0 Å². The zero-order chi connectivity index (χ0) is 8.39. The van der Waals surface area contributed by atoms with Gasteiger partial charge in [0.05, 0.1) is 12.6 Å². The van der Waals surface area contributed by atoms with Gasteiger partial charge in [-0.2, -0.15) is 10.2 Å². The minimum absolute atomic E-state index is 0.158. The molecule has 0 radical (unpaired) electrons. The molecular weight excluding hydrogens is 155 g/mol. The summed E-state index contributed by atoms with van der Waals surface area (Å²) in [5, 5.41) is 7.93. The minimum atomic E-state index is -0.200. The lowest BCUT2D eigenvalue weighted by molar-refractivity contribution is 0.625. The minimum Gasteiger partial charge on any atom is -0.207 e. The van der Waals surface area contributed by atoms with Crippen molar-refractivity contribution in [3.63, 3.8) is 0 Å². The van der Waals surface area contributed by atoms with E-state index in [0.29, 0.717) is 0 Å². The van der Waals surface area contributed by atoms with Crippen molar-refractivity contribution in [3.8, 4) is 0 Å². The van der Waals surface area contributed by atoms with Crippen LogP contribution in [-0.2, 0) is 0 Å². The van der Waals surface area contributed by atoms with Gasteiger partial charge < -0.3 is 0 Å². The van der Waals surface area contributed by atoms with E-state index in [9.17, 15) is 4.39 Å². The largest absolute Gasteiger partial charge is 0.207 e. The molecule has 0 spiro atoms. The average Bonchev–Trinajstić information content (AvgIpc) is 2.58. The molecule has 1 aromatic carbocycles. The highest BCUT2D eigenvalue weighted by Gasteiger charge is 2.13. The predicted molar refractivity (Wildman–Crippen MR) is 43.5 cm³/mol. The highest BCUT2D eigenvalue weighted by molar-refractivity contribution is 5.20. The van der Waals surface area contributed by atoms with Gasteiger partial charge in [-0.05, 0) is 24.1 Å². The predicted octanol–water partition coefficient (Wildman–Crippen LogP) is 2.72. The van der Waals surface area contributed by atoms with Crippen LogP contribution in [0.1, 0.15) is 18.0 Å². The number of rotatable bonds is 1. The van der Waals surface area contributed by atoms with Crippen LogP contribution in [0.3, 0.4) is 0 Å². The Bertz CT molecular complexity index is 292. The fourth-order valence-corrected chi connectivity index (χ4v) is 1.31. The van der Waals surface area contributed by atoms with E-state index >= 15 is 0 Å². The van der Waals surface area contributed by atoms with E-state index in [4.69, 9.17) is 0 Å². The summed E-state index contributed by atoms with van der Waals surface area (Å²) < 4.78 is 12.5. The van der Waals surface area contributed by atoms with Crippen molar-refractivity contribution in [2.45, 2.75) is 12.5 Å². The lowest BCUT2D eigenvalue weighted by atomic mass is 10.1. The maximum Gasteiger partial charge on any atom is 0.123 e. The summed E-state index contributed by atoms with van der Waals surface area (Å²) in [6.07, 6.45) is 0.950. The Morgan fingerprint density at radius 3 is 2.58 bits per heavy atom. The van der Waals surface area contributed by atoms with Crippen LogP contribution in [0.15, 0.2) is 34.5 Å². The molecule has 0 saturated heterocycles. The zero-order valence-electron chi connectivity index (χ0n) is 6.57. The number of benzene rings is 1. The summed E-state index contributed by atoms with van der Waals surface area (Å²) in [6.45, 7) is 0.794. The summed E-state index contributed by atoms with van der Waals surface area (Å²) in [5.74, 6) is -0.200. The first-order valence-corrected chi connectivity index (χ1v) is 3.98. The van der Waals surface area contributed by atoms with Gasteiger partial charge in [-0.25, -0.2) is 4.39 Å². The molecule has 2 rings (SSSR count). The van der Waals surface area contributed by atoms with Crippen molar-refractivity contribution in [3.05, 3.63) is 35.6 Å². The normalized spacial score (nSPS) is 21.6. The molecule has 0 aromatic heterocycles. The Kier molecular flexibility index (Phi) is 1.86. The molecule has 0 aliphatic carbocycles. The summed E-state index contributed by atoms with van der Waals surface area (Å²) in [6, 6.07) is 6.62. The van der Waals surface area contributed by atoms with Crippen LogP contribution in [0.2, 0.25) is 0 Å². The van der Waals surface area contributed by atoms with Gasteiger partial charge in [-0.1, -0.05) is 12.1 Å². The summed E-state index contributed by atoms with van der Waals surface area (Å²) in [4.78, 5) is 0. The van der Waals surface area contributed by atoms with Crippen LogP contribution in [0, 0.1) is 5.82 Å². The van der Waals surface area contributed by atoms with E-state index in [1.165, 1.54) is 12.1 Å². The van der Waals surface area contributed by atoms with Crippen LogP contribution in [0.25, 0.3) is 0 Å². The van der Waals surface area contributed by atoms with Gasteiger partial charge in [-0.3, -0.25) is 0 Å². The van der Waals surface area contributed by atoms with Crippen molar-refractivity contribution < 1.29 is 4.39 Å². The molecule has 0 N–H and O–H groups in total. The Hall–Kier alpha value is -1.25. The smallest absolute Gasteiger partial charge is 0.123 e. The lowest BCUT2D eigenvalue weighted by Crippen LogP contribution is -1.91. The SMILES string of the molecule is Fc1ccc(C2CCN=N2)cc1. The fourth-order valence-electron chi connectivity index (χ4n) is 1.31. The Morgan fingerprint density at radius 1 is 1.25 bits per heavy atom. The highest BCUT2D eigenvalue weighted by Crippen LogP contribution is 2.25. The van der Waals surface area contributed by atoms with E-state index in [1.807, 2.05) is 0 Å². The second kappa shape index (κ2) is 3.01. The molecule has 0 fully saturated rings. The van der Waals surface area contributed by atoms with Crippen LogP contribution < -0.4 is 0 Å². The molecule has 0 bridgehead atoms. The van der Waals surface area contributed by atoms with Crippen molar-refractivity contribution in [2.24, 2.45) is 10.2 Å². The molecule has 62 valence electrons. The van der Waals surface area contributed by atoms with Crippen LogP contribution >= 0.6 is 0 Å². The van der Waals surface area contributed by atoms with E-state index < -0.39 is 0 Å². The van der Waals surface area contributed by atoms with E-state index in [2.05, 4.69) is 10.2 Å². The number of halogens is 1. The lowest BCUT2D eigenvalue weighted by Gasteiger charge is -2.03. The fraction of sp³-hybridized carbons (Fsp3) is 0.333. The quantitative estimate of drug-likeness (QED) is 0.609. The first kappa shape index (κ1) is 7.40. The number of hydrogen-bond donors (Lipinski definition) is 0. The molecule has 12 heavy (non-hydrogen) atoms. The van der Waals surface area contributed by atoms with Gasteiger partial charge in [0.25, 0.3) is 0 Å². The Morgan fingerprint density at radius 2 is 2.00 bits per heavy atom. The second-order valence-electron chi connectivity index (χ2n) is 2.84. The van der Waals surface area contributed by atoms with Crippen LogP contribution in [-0.4, -0.2) is 6.54 Å². The standard InChI is InChI=1S/C9H9FN2/c10-8-3-1-7(2-4-8)9-5-6-11-12-9/h1-4,9H,5-6H2. The maximum absolute atomic E-state index is 12.5. The third-order valence-electron chi connectivity index (χ3n) is 1.98. The Balaban J connectivity index is 2.23. The number of nitrogens with zero attached hydrogens (tertiary/aromatic N) is 2. The monoisotopic (exact) mass is 164 g/mol. The molecule has 1 aromatic rings. The summed E-state index contributed by atoms with van der Waals surface area (Å²) in [5.41, 5.74) is 1.05. The first-order chi connectivity index (χ1) is 5.86. The topological polar surface area (TPSA) is 24.7 Å². The number of azo groups is 1. The summed E-state index contributed by atoms with van der Waals surface area (Å²) >= 11 is 0. The van der Waals surface area contributed by atoms with Crippen molar-refractivity contribution >= 4 is 0 Å². The van der Waals surface area contributed by atoms with Gasteiger partial charge in [-0.15, -0.1) is 0 Å². The van der Waals surface area contributed by atoms with E-state index in [-0.39, 0.29) is 11.9 Å². The van der Waals surface area contributed by atoms with Gasteiger partial charge in [0.15, 0.2) is 0 Å². The molecule has 1 heterocycles. The first-order valence-electron chi connectivity index (χ1n) is 3.98. The van der Waals surface area contributed by atoms with E-state index in [1.54, 1.807) is 12.1 Å². The Labute approximate surface area is 70.1 Å². The second-order valence-corrected chi connectivity index (χ2v) is 2.84. The molecule has 1 aliphatic rings. The highest BCUT2D eigenvalue weighted by atomic mass is 19.1. The van der Waals surface area contributed by atoms with Crippen molar-refractivity contribution in [1.82, 2.24) is 0 Å². The summed E-state index contributed by atoms with van der Waals surface area (Å²) in [7, 11) is 0. The molecule has 1 unspecified atom stereocenters. The molecule has 1 atom stereocenters. The maximum atomic E-state index is 12.5. The third-order valence-corrected chi connectivity index (χ3v) is 1.98. The molecule has 2 nitrogen and oxygen atoms in total. The van der Waals surface area contributed by atoms with E-state index in [0.717, 1.165) is 18.5 Å². The van der Waals surface area contributed by atoms with Gasteiger partial charge in [0.1, 0.15) is 5.82 Å². The zero-order valence-corrected chi connectivity index (χ0v) is 6.57. The third kappa shape index (κ3) is 1.35. The van der Waals surface area contributed by atoms with Crippen molar-refractivity contribution in [2.75, 3.05) is 6.54 Å². The van der Waals surface area contributed by atoms with Crippen LogP contribution in [0.5, 0.6) is 0 Å². The molecular formula is C9H9FN2.